The minimum absolute atomic E-state index is 0.107. The molecule has 0 bridgehead atoms. The van der Waals surface area contributed by atoms with Gasteiger partial charge in [-0.3, -0.25) is 9.59 Å². The molecule has 0 spiro atoms. The van der Waals surface area contributed by atoms with E-state index in [0.717, 1.165) is 23.9 Å². The molecule has 0 saturated carbocycles. The highest BCUT2D eigenvalue weighted by Gasteiger charge is 2.33. The van der Waals surface area contributed by atoms with Crippen LogP contribution in [0.2, 0.25) is 0 Å². The van der Waals surface area contributed by atoms with Crippen LogP contribution >= 0.6 is 11.8 Å². The Kier molecular flexibility index (Phi) is 3.64. The zero-order chi connectivity index (χ0) is 15.1. The van der Waals surface area contributed by atoms with E-state index in [0.29, 0.717) is 0 Å². The number of fused-ring (bicyclic) bond motifs is 1. The van der Waals surface area contributed by atoms with E-state index in [-0.39, 0.29) is 21.5 Å². The first-order chi connectivity index (χ1) is 9.27. The maximum Gasteiger partial charge on any atom is 0.418 e. The van der Waals surface area contributed by atoms with Crippen LogP contribution in [-0.4, -0.2) is 17.0 Å². The topological polar surface area (TPSA) is 49.9 Å². The Morgan fingerprint density at radius 2 is 1.95 bits per heavy atom. The Labute approximate surface area is 116 Å². The van der Waals surface area contributed by atoms with Crippen LogP contribution in [0.25, 0.3) is 10.9 Å². The Morgan fingerprint density at radius 3 is 2.45 bits per heavy atom. The van der Waals surface area contributed by atoms with Crippen molar-refractivity contribution in [3.8, 4) is 0 Å². The Balaban J connectivity index is 2.98. The first-order valence-corrected chi connectivity index (χ1v) is 6.81. The lowest BCUT2D eigenvalue weighted by atomic mass is 10.1. The number of H-pyrrole nitrogens is 1. The van der Waals surface area contributed by atoms with Gasteiger partial charge in [0.1, 0.15) is 0 Å². The summed E-state index contributed by atoms with van der Waals surface area (Å²) in [5.41, 5.74) is -2.00. The van der Waals surface area contributed by atoms with Crippen LogP contribution in [0.4, 0.5) is 13.2 Å². The Hall–Kier alpha value is -1.76. The average Bonchev–Trinajstić information content (AvgIpc) is 2.36. The minimum atomic E-state index is -4.57. The van der Waals surface area contributed by atoms with Crippen molar-refractivity contribution in [2.24, 2.45) is 0 Å². The molecule has 7 heteroatoms. The molecule has 106 valence electrons. The number of benzene rings is 1. The molecule has 0 aliphatic rings. The smallest absolute Gasteiger partial charge is 0.348 e. The number of carbonyl (C=O) groups is 1. The van der Waals surface area contributed by atoms with Gasteiger partial charge in [-0.15, -0.1) is 11.8 Å². The molecule has 0 amide bonds. The number of ketones is 1. The number of nitrogens with one attached hydrogen (secondary N) is 1. The van der Waals surface area contributed by atoms with Crippen LogP contribution in [-0.2, 0) is 6.18 Å². The number of para-hydroxylation sites is 1. The van der Waals surface area contributed by atoms with Crippen molar-refractivity contribution in [1.29, 1.82) is 0 Å². The van der Waals surface area contributed by atoms with Crippen molar-refractivity contribution in [2.75, 3.05) is 6.26 Å². The first-order valence-electron chi connectivity index (χ1n) is 5.58. The Morgan fingerprint density at radius 1 is 1.30 bits per heavy atom. The molecule has 0 aliphatic heterocycles. The largest absolute Gasteiger partial charge is 0.418 e. The van der Waals surface area contributed by atoms with Crippen molar-refractivity contribution in [2.45, 2.75) is 18.1 Å². The lowest BCUT2D eigenvalue weighted by Gasteiger charge is -2.12. The fourth-order valence-corrected chi connectivity index (χ4v) is 2.64. The molecule has 1 aromatic heterocycles. The fourth-order valence-electron chi connectivity index (χ4n) is 2.00. The van der Waals surface area contributed by atoms with Crippen LogP contribution in [0, 0.1) is 0 Å². The number of pyridine rings is 1. The van der Waals surface area contributed by atoms with Crippen LogP contribution in [0.1, 0.15) is 22.8 Å². The van der Waals surface area contributed by atoms with Gasteiger partial charge < -0.3 is 4.98 Å². The number of aromatic nitrogens is 1. The van der Waals surface area contributed by atoms with Crippen LogP contribution in [0.3, 0.4) is 0 Å². The highest BCUT2D eigenvalue weighted by Crippen LogP contribution is 2.34. The van der Waals surface area contributed by atoms with E-state index in [4.69, 9.17) is 0 Å². The molecule has 1 aromatic carbocycles. The number of rotatable bonds is 2. The van der Waals surface area contributed by atoms with Gasteiger partial charge in [-0.2, -0.15) is 13.2 Å². The number of hydrogen-bond donors (Lipinski definition) is 1. The minimum Gasteiger partial charge on any atom is -0.348 e. The monoisotopic (exact) mass is 301 g/mol. The highest BCUT2D eigenvalue weighted by atomic mass is 32.2. The summed E-state index contributed by atoms with van der Waals surface area (Å²) in [6.07, 6.45) is -2.99. The van der Waals surface area contributed by atoms with Gasteiger partial charge in [-0.1, -0.05) is 6.07 Å². The molecule has 0 radical (unpaired) electrons. The maximum atomic E-state index is 12.9. The van der Waals surface area contributed by atoms with E-state index in [9.17, 15) is 22.8 Å². The Bertz CT molecular complexity index is 750. The van der Waals surface area contributed by atoms with Crippen LogP contribution in [0.5, 0.6) is 0 Å². The summed E-state index contributed by atoms with van der Waals surface area (Å²) in [4.78, 5) is 26.3. The van der Waals surface area contributed by atoms with Crippen molar-refractivity contribution in [3.63, 3.8) is 0 Å². The number of hydrogen-bond acceptors (Lipinski definition) is 3. The number of alkyl halides is 3. The normalized spacial score (nSPS) is 11.8. The second kappa shape index (κ2) is 4.97. The zero-order valence-corrected chi connectivity index (χ0v) is 11.4. The second-order valence-electron chi connectivity index (χ2n) is 4.14. The predicted octanol–water partition coefficient (Wildman–Crippen LogP) is 3.47. The van der Waals surface area contributed by atoms with E-state index in [1.807, 2.05) is 0 Å². The predicted molar refractivity (Wildman–Crippen MR) is 71.4 cm³/mol. The van der Waals surface area contributed by atoms with Crippen LogP contribution < -0.4 is 5.43 Å². The van der Waals surface area contributed by atoms with E-state index in [1.54, 1.807) is 6.26 Å². The third-order valence-electron chi connectivity index (χ3n) is 2.86. The van der Waals surface area contributed by atoms with Gasteiger partial charge in [0.05, 0.1) is 21.7 Å². The van der Waals surface area contributed by atoms with Gasteiger partial charge in [0.25, 0.3) is 0 Å². The van der Waals surface area contributed by atoms with Gasteiger partial charge >= 0.3 is 6.18 Å². The summed E-state index contributed by atoms with van der Waals surface area (Å²) in [6.45, 7) is 1.21. The molecule has 3 nitrogen and oxygen atoms in total. The molecule has 0 fully saturated rings. The van der Waals surface area contributed by atoms with Gasteiger partial charge in [0, 0.05) is 5.39 Å². The molecule has 20 heavy (non-hydrogen) atoms. The number of aromatic amines is 1. The molecule has 2 aromatic rings. The quantitative estimate of drug-likeness (QED) is 0.682. The summed E-state index contributed by atoms with van der Waals surface area (Å²) in [7, 11) is 0. The summed E-state index contributed by atoms with van der Waals surface area (Å²) in [6, 6.07) is 3.33. The average molecular weight is 301 g/mol. The highest BCUT2D eigenvalue weighted by molar-refractivity contribution is 7.98. The van der Waals surface area contributed by atoms with Gasteiger partial charge in [-0.05, 0) is 25.3 Å². The van der Waals surface area contributed by atoms with Crippen molar-refractivity contribution >= 4 is 28.4 Å². The van der Waals surface area contributed by atoms with E-state index in [2.05, 4.69) is 4.98 Å². The SMILES string of the molecule is CSc1[nH]c2c(C(F)(F)F)cccc2c(=O)c1C(C)=O. The molecule has 0 atom stereocenters. The third kappa shape index (κ3) is 2.33. The van der Waals surface area contributed by atoms with Gasteiger partial charge in [0.2, 0.25) is 5.43 Å². The third-order valence-corrected chi connectivity index (χ3v) is 3.58. The lowest BCUT2D eigenvalue weighted by molar-refractivity contribution is -0.136. The molecule has 1 N–H and O–H groups in total. The molecule has 2 rings (SSSR count). The van der Waals surface area contributed by atoms with E-state index in [1.165, 1.54) is 13.0 Å². The maximum absolute atomic E-state index is 12.9. The van der Waals surface area contributed by atoms with Crippen molar-refractivity contribution in [1.82, 2.24) is 4.98 Å². The molecular weight excluding hydrogens is 291 g/mol. The molecule has 1 heterocycles. The van der Waals surface area contributed by atoms with Crippen molar-refractivity contribution < 1.29 is 18.0 Å². The fraction of sp³-hybridized carbons (Fsp3) is 0.231. The first kappa shape index (κ1) is 14.6. The van der Waals surface area contributed by atoms with E-state index >= 15 is 0 Å². The standard InChI is InChI=1S/C13H10F3NO2S/c1-6(18)9-11(19)7-4-3-5-8(13(14,15)16)10(7)17-12(9)20-2/h3-5H,1-2H3,(H,17,19). The summed E-state index contributed by atoms with van der Waals surface area (Å²) in [5.74, 6) is -0.477. The molecule has 0 aliphatic carbocycles. The lowest BCUT2D eigenvalue weighted by Crippen LogP contribution is -2.18. The number of carbonyl (C=O) groups excluding carboxylic acids is 1. The van der Waals surface area contributed by atoms with Gasteiger partial charge in [0.15, 0.2) is 5.78 Å². The summed E-state index contributed by atoms with van der Waals surface area (Å²) >= 11 is 1.03. The van der Waals surface area contributed by atoms with Gasteiger partial charge in [-0.25, -0.2) is 0 Å². The molecule has 0 unspecified atom stereocenters. The number of halogens is 3. The van der Waals surface area contributed by atoms with Crippen molar-refractivity contribution in [3.05, 3.63) is 39.5 Å². The van der Waals surface area contributed by atoms with E-state index < -0.39 is 23.0 Å². The van der Waals surface area contributed by atoms with Crippen LogP contribution in [0.15, 0.2) is 28.0 Å². The second-order valence-corrected chi connectivity index (χ2v) is 4.96. The summed E-state index contributed by atoms with van der Waals surface area (Å²) < 4.78 is 38.8. The summed E-state index contributed by atoms with van der Waals surface area (Å²) in [5, 5.41) is 0.00882. The number of Topliss-reactive ketones (excluding diaryl/α,β-unsaturated/α-hetero) is 1. The zero-order valence-electron chi connectivity index (χ0n) is 10.6. The number of thioether (sulfide) groups is 1. The molecular formula is C13H10F3NO2S. The molecule has 0 saturated heterocycles.